The monoisotopic (exact) mass is 333 g/mol. The zero-order valence-electron chi connectivity index (χ0n) is 13.7. The molecule has 0 fully saturated rings. The standard InChI is InChI=1S/C18H24ClN3O/c1-3-4-5-15-11-20-10-13(2)17(15)22-18(21-12-23)14-6-8-16(19)9-7-14/h6-9,12,15,20H,3-5,10-11H2,1-2H3,(H,21,22,23). The average molecular weight is 334 g/mol. The van der Waals surface area contributed by atoms with E-state index in [0.717, 1.165) is 30.8 Å². The maximum atomic E-state index is 11.0. The third-order valence-corrected chi connectivity index (χ3v) is 4.31. The number of hydrogen-bond donors (Lipinski definition) is 2. The molecule has 0 saturated heterocycles. The van der Waals surface area contributed by atoms with Gasteiger partial charge in [0.15, 0.2) is 0 Å². The van der Waals surface area contributed by atoms with Gasteiger partial charge in [0.25, 0.3) is 0 Å². The van der Waals surface area contributed by atoms with Gasteiger partial charge in [0.05, 0.1) is 0 Å². The molecule has 124 valence electrons. The summed E-state index contributed by atoms with van der Waals surface area (Å²) < 4.78 is 0. The van der Waals surface area contributed by atoms with Crippen LogP contribution in [0.4, 0.5) is 0 Å². The van der Waals surface area contributed by atoms with Crippen LogP contribution in [0.1, 0.15) is 38.7 Å². The number of rotatable bonds is 6. The molecule has 1 aromatic rings. The molecular formula is C18H24ClN3O. The highest BCUT2D eigenvalue weighted by atomic mass is 35.5. The second kappa shape index (κ2) is 8.85. The molecule has 1 unspecified atom stereocenters. The van der Waals surface area contributed by atoms with E-state index in [0.29, 0.717) is 23.2 Å². The van der Waals surface area contributed by atoms with E-state index in [9.17, 15) is 4.79 Å². The SMILES string of the molecule is CCCCC1CNCC(C)=C1N=C(NC=O)c1ccc(Cl)cc1. The van der Waals surface area contributed by atoms with Gasteiger partial charge in [0.2, 0.25) is 6.41 Å². The lowest BCUT2D eigenvalue weighted by Gasteiger charge is -2.26. The summed E-state index contributed by atoms with van der Waals surface area (Å²) in [6, 6.07) is 7.35. The van der Waals surface area contributed by atoms with Crippen molar-refractivity contribution in [1.29, 1.82) is 0 Å². The first kappa shape index (κ1) is 17.7. The molecule has 5 heteroatoms. The molecule has 0 radical (unpaired) electrons. The summed E-state index contributed by atoms with van der Waals surface area (Å²) in [5.74, 6) is 0.967. The van der Waals surface area contributed by atoms with E-state index in [1.807, 2.05) is 12.1 Å². The molecule has 1 aromatic carbocycles. The summed E-state index contributed by atoms with van der Waals surface area (Å²) in [6.45, 7) is 6.08. The fraction of sp³-hybridized carbons (Fsp3) is 0.444. The summed E-state index contributed by atoms with van der Waals surface area (Å²) in [4.78, 5) is 15.8. The lowest BCUT2D eigenvalue weighted by atomic mass is 9.92. The van der Waals surface area contributed by atoms with Crippen LogP contribution < -0.4 is 10.6 Å². The van der Waals surface area contributed by atoms with E-state index in [2.05, 4.69) is 24.5 Å². The molecule has 4 nitrogen and oxygen atoms in total. The summed E-state index contributed by atoms with van der Waals surface area (Å²) in [6.07, 6.45) is 4.12. The van der Waals surface area contributed by atoms with Crippen molar-refractivity contribution in [3.63, 3.8) is 0 Å². The molecule has 0 spiro atoms. The largest absolute Gasteiger partial charge is 0.313 e. The Kier molecular flexibility index (Phi) is 6.81. The maximum absolute atomic E-state index is 11.0. The second-order valence-electron chi connectivity index (χ2n) is 5.87. The highest BCUT2D eigenvalue weighted by Crippen LogP contribution is 2.25. The first-order chi connectivity index (χ1) is 11.2. The van der Waals surface area contributed by atoms with Crippen molar-refractivity contribution in [2.75, 3.05) is 13.1 Å². The van der Waals surface area contributed by atoms with Gasteiger partial charge in [-0.15, -0.1) is 0 Å². The summed E-state index contributed by atoms with van der Waals surface area (Å²) in [5, 5.41) is 6.84. The Labute approximate surface area is 143 Å². The number of amidine groups is 1. The van der Waals surface area contributed by atoms with Crippen molar-refractivity contribution >= 4 is 23.8 Å². The number of carbonyl (C=O) groups is 1. The molecule has 0 aliphatic carbocycles. The molecule has 0 aromatic heterocycles. The molecule has 1 amide bonds. The molecule has 1 aliphatic heterocycles. The van der Waals surface area contributed by atoms with E-state index < -0.39 is 0 Å². The summed E-state index contributed by atoms with van der Waals surface area (Å²) in [5.41, 5.74) is 3.18. The summed E-state index contributed by atoms with van der Waals surface area (Å²) in [7, 11) is 0. The van der Waals surface area contributed by atoms with Gasteiger partial charge >= 0.3 is 0 Å². The Hall–Kier alpha value is -1.65. The first-order valence-corrected chi connectivity index (χ1v) is 8.48. The molecule has 0 bridgehead atoms. The van der Waals surface area contributed by atoms with E-state index >= 15 is 0 Å². The predicted molar refractivity (Wildman–Crippen MR) is 95.8 cm³/mol. The Balaban J connectivity index is 2.34. The van der Waals surface area contributed by atoms with Gasteiger partial charge in [0.1, 0.15) is 5.84 Å². The highest BCUT2D eigenvalue weighted by Gasteiger charge is 2.21. The Morgan fingerprint density at radius 3 is 2.83 bits per heavy atom. The minimum absolute atomic E-state index is 0.388. The number of nitrogens with one attached hydrogen (secondary N) is 2. The van der Waals surface area contributed by atoms with Gasteiger partial charge in [0, 0.05) is 35.3 Å². The van der Waals surface area contributed by atoms with Crippen molar-refractivity contribution < 1.29 is 4.79 Å². The van der Waals surface area contributed by atoms with Crippen LogP contribution in [-0.2, 0) is 4.79 Å². The number of nitrogens with zero attached hydrogens (tertiary/aromatic N) is 1. The highest BCUT2D eigenvalue weighted by molar-refractivity contribution is 6.30. The first-order valence-electron chi connectivity index (χ1n) is 8.10. The van der Waals surface area contributed by atoms with Crippen LogP contribution in [0.15, 0.2) is 40.5 Å². The number of benzene rings is 1. The van der Waals surface area contributed by atoms with Gasteiger partial charge in [-0.2, -0.15) is 0 Å². The van der Waals surface area contributed by atoms with Crippen LogP contribution in [0.2, 0.25) is 5.02 Å². The third-order valence-electron chi connectivity index (χ3n) is 4.06. The molecule has 2 rings (SSSR count). The van der Waals surface area contributed by atoms with E-state index in [-0.39, 0.29) is 0 Å². The van der Waals surface area contributed by atoms with Gasteiger partial charge in [-0.1, -0.05) is 31.4 Å². The van der Waals surface area contributed by atoms with Crippen LogP contribution in [0.3, 0.4) is 0 Å². The lowest BCUT2D eigenvalue weighted by Crippen LogP contribution is -2.33. The molecule has 23 heavy (non-hydrogen) atoms. The van der Waals surface area contributed by atoms with Gasteiger partial charge < -0.3 is 10.6 Å². The van der Waals surface area contributed by atoms with Crippen LogP contribution in [0.25, 0.3) is 0 Å². The molecule has 1 atom stereocenters. The van der Waals surface area contributed by atoms with Crippen LogP contribution in [0.5, 0.6) is 0 Å². The minimum atomic E-state index is 0.388. The Morgan fingerprint density at radius 2 is 2.17 bits per heavy atom. The number of halogens is 1. The van der Waals surface area contributed by atoms with Crippen molar-refractivity contribution in [3.8, 4) is 0 Å². The smallest absolute Gasteiger partial charge is 0.212 e. The number of carbonyl (C=O) groups excluding carboxylic acids is 1. The minimum Gasteiger partial charge on any atom is -0.313 e. The number of aliphatic imine (C=N–C) groups is 1. The zero-order chi connectivity index (χ0) is 16.7. The van der Waals surface area contributed by atoms with Crippen molar-refractivity contribution in [1.82, 2.24) is 10.6 Å². The fourth-order valence-corrected chi connectivity index (χ4v) is 2.94. The molecule has 1 heterocycles. The average Bonchev–Trinajstić information content (AvgIpc) is 2.55. The zero-order valence-corrected chi connectivity index (χ0v) is 14.5. The van der Waals surface area contributed by atoms with Crippen molar-refractivity contribution in [2.45, 2.75) is 33.1 Å². The number of amides is 1. The van der Waals surface area contributed by atoms with E-state index in [1.165, 1.54) is 18.4 Å². The van der Waals surface area contributed by atoms with Gasteiger partial charge in [-0.25, -0.2) is 4.99 Å². The molecule has 1 aliphatic rings. The Bertz CT molecular complexity index is 593. The number of unbranched alkanes of at least 4 members (excludes halogenated alkanes) is 1. The quantitative estimate of drug-likeness (QED) is 0.475. The van der Waals surface area contributed by atoms with Crippen LogP contribution in [-0.4, -0.2) is 25.3 Å². The van der Waals surface area contributed by atoms with Crippen LogP contribution >= 0.6 is 11.6 Å². The molecular weight excluding hydrogens is 310 g/mol. The summed E-state index contributed by atoms with van der Waals surface area (Å²) >= 11 is 5.94. The lowest BCUT2D eigenvalue weighted by molar-refractivity contribution is -0.108. The third kappa shape index (κ3) is 4.91. The normalized spacial score (nSPS) is 18.9. The predicted octanol–water partition coefficient (Wildman–Crippen LogP) is 3.52. The van der Waals surface area contributed by atoms with Crippen molar-refractivity contribution in [2.24, 2.45) is 10.9 Å². The van der Waals surface area contributed by atoms with E-state index in [4.69, 9.17) is 16.6 Å². The van der Waals surface area contributed by atoms with Crippen molar-refractivity contribution in [3.05, 3.63) is 46.1 Å². The van der Waals surface area contributed by atoms with Crippen LogP contribution in [0, 0.1) is 5.92 Å². The second-order valence-corrected chi connectivity index (χ2v) is 6.30. The Morgan fingerprint density at radius 1 is 1.43 bits per heavy atom. The maximum Gasteiger partial charge on any atom is 0.212 e. The number of hydrogen-bond acceptors (Lipinski definition) is 3. The van der Waals surface area contributed by atoms with E-state index in [1.54, 1.807) is 12.1 Å². The topological polar surface area (TPSA) is 53.5 Å². The molecule has 2 N–H and O–H groups in total. The molecule has 0 saturated carbocycles. The van der Waals surface area contributed by atoms with Gasteiger partial charge in [-0.05, 0) is 43.2 Å². The fourth-order valence-electron chi connectivity index (χ4n) is 2.81. The van der Waals surface area contributed by atoms with Gasteiger partial charge in [-0.3, -0.25) is 4.79 Å².